The normalized spacial score (nSPS) is 23.3. The highest BCUT2D eigenvalue weighted by Crippen LogP contribution is 2.59. The highest BCUT2D eigenvalue weighted by molar-refractivity contribution is 6.02. The van der Waals surface area contributed by atoms with E-state index in [1.54, 1.807) is 13.8 Å². The van der Waals surface area contributed by atoms with Gasteiger partial charge >= 0.3 is 18.0 Å². The summed E-state index contributed by atoms with van der Waals surface area (Å²) in [6, 6.07) is -0.635. The Balaban J connectivity index is 1.87. The molecule has 2 atom stereocenters. The Bertz CT molecular complexity index is 743. The van der Waals surface area contributed by atoms with Crippen LogP contribution in [0, 0.1) is 29.6 Å². The average Bonchev–Trinajstić information content (AvgIpc) is 3.06. The van der Waals surface area contributed by atoms with Gasteiger partial charge in [0.15, 0.2) is 13.3 Å². The number of ether oxygens (including phenoxy) is 2. The Morgan fingerprint density at radius 2 is 2.04 bits per heavy atom. The van der Waals surface area contributed by atoms with Crippen molar-refractivity contribution < 1.29 is 37.4 Å². The fourth-order valence-corrected chi connectivity index (χ4v) is 3.04. The number of allylic oxidation sites excluding steroid dienone is 1. The number of imide groups is 1. The summed E-state index contributed by atoms with van der Waals surface area (Å²) >= 11 is 0. The molecule has 0 aromatic heterocycles. The van der Waals surface area contributed by atoms with Crippen molar-refractivity contribution in [2.24, 2.45) is 17.3 Å². The number of carbonyl (C=O) groups is 4. The van der Waals surface area contributed by atoms with Crippen LogP contribution in [0.5, 0.6) is 0 Å². The second kappa shape index (κ2) is 8.37. The van der Waals surface area contributed by atoms with Gasteiger partial charge in [-0.3, -0.25) is 9.59 Å². The number of nitrogens with zero attached hydrogens (tertiary/aromatic N) is 2. The highest BCUT2D eigenvalue weighted by Gasteiger charge is 2.61. The maximum Gasteiger partial charge on any atom is 0.330 e. The maximum absolute atomic E-state index is 12.3. The smallest absolute Gasteiger partial charge is 0.330 e. The molecule has 1 saturated heterocycles. The van der Waals surface area contributed by atoms with Crippen molar-refractivity contribution in [3.63, 3.8) is 0 Å². The van der Waals surface area contributed by atoms with Crippen molar-refractivity contribution in [3.8, 4) is 12.3 Å². The quantitative estimate of drug-likeness (QED) is 0.262. The van der Waals surface area contributed by atoms with E-state index in [0.29, 0.717) is 0 Å². The van der Waals surface area contributed by atoms with Crippen LogP contribution >= 0.6 is 0 Å². The number of urea groups is 1. The predicted octanol–water partition coefficient (Wildman–Crippen LogP) is 1.02. The lowest BCUT2D eigenvalue weighted by molar-refractivity contribution is -0.151. The summed E-state index contributed by atoms with van der Waals surface area (Å²) in [7, 11) is 0. The minimum Gasteiger partial charge on any atom is -0.456 e. The van der Waals surface area contributed by atoms with Crippen molar-refractivity contribution in [1.29, 1.82) is 0 Å². The summed E-state index contributed by atoms with van der Waals surface area (Å²) in [4.78, 5) is 49.4. The zero-order valence-corrected chi connectivity index (χ0v) is 15.4. The summed E-state index contributed by atoms with van der Waals surface area (Å²) in [6.07, 6.45) is 4.76. The van der Waals surface area contributed by atoms with Gasteiger partial charge in [0.05, 0.1) is 12.5 Å². The molecular formula is C18H20F2N2O6. The molecule has 152 valence electrons. The first-order chi connectivity index (χ1) is 13.1. The Morgan fingerprint density at radius 1 is 1.36 bits per heavy atom. The number of halogens is 2. The van der Waals surface area contributed by atoms with E-state index in [9.17, 15) is 28.0 Å². The summed E-state index contributed by atoms with van der Waals surface area (Å²) in [5.74, 6) is -0.824. The van der Waals surface area contributed by atoms with Gasteiger partial charge < -0.3 is 14.4 Å². The molecule has 10 heteroatoms. The molecule has 0 radical (unpaired) electrons. The molecule has 0 unspecified atom stereocenters. The van der Waals surface area contributed by atoms with Crippen molar-refractivity contribution in [2.75, 3.05) is 26.4 Å². The van der Waals surface area contributed by atoms with Crippen molar-refractivity contribution in [2.45, 2.75) is 20.3 Å². The van der Waals surface area contributed by atoms with E-state index in [-0.39, 0.29) is 19.0 Å². The molecule has 8 nitrogen and oxygen atoms in total. The largest absolute Gasteiger partial charge is 0.456 e. The Labute approximate surface area is 160 Å². The second-order valence-electron chi connectivity index (χ2n) is 6.96. The van der Waals surface area contributed by atoms with E-state index >= 15 is 0 Å². The number of amides is 3. The number of rotatable bonds is 8. The summed E-state index contributed by atoms with van der Waals surface area (Å²) < 4.78 is 33.4. The molecule has 1 aliphatic carbocycles. The molecule has 0 spiro atoms. The fraction of sp³-hybridized carbons (Fsp3) is 0.556. The van der Waals surface area contributed by atoms with Gasteiger partial charge in [-0.25, -0.2) is 23.3 Å². The molecule has 1 aliphatic heterocycles. The van der Waals surface area contributed by atoms with E-state index < -0.39 is 55.0 Å². The Hall–Kier alpha value is -2.96. The minimum atomic E-state index is -2.76. The lowest BCUT2D eigenvalue weighted by Crippen LogP contribution is -2.36. The second-order valence-corrected chi connectivity index (χ2v) is 6.96. The summed E-state index contributed by atoms with van der Waals surface area (Å²) in [5, 5.41) is 0. The van der Waals surface area contributed by atoms with Crippen LogP contribution in [0.1, 0.15) is 13.8 Å². The minimum absolute atomic E-state index is 0.0286. The molecule has 3 amide bonds. The standard InChI is InChI=1S/C18H20F2N2O6/c1-4-7-21-8-13(23)22(17(21)26)10-28-16(25)15-11(18(15,2)3)5-6-14(24)27-9-12(19)20/h1,5-6,11-12,15H,7-10H2,2-3H3/b6-5-/t11-,15-/m0/s1. The Morgan fingerprint density at radius 3 is 2.64 bits per heavy atom. The van der Waals surface area contributed by atoms with Gasteiger partial charge in [-0.1, -0.05) is 25.8 Å². The molecule has 0 N–H and O–H groups in total. The molecule has 28 heavy (non-hydrogen) atoms. The lowest BCUT2D eigenvalue weighted by atomic mass is 10.1. The number of alkyl halides is 2. The first-order valence-electron chi connectivity index (χ1n) is 8.42. The van der Waals surface area contributed by atoms with Crippen LogP contribution < -0.4 is 0 Å². The SMILES string of the molecule is C#CCN1CC(=O)N(COC(=O)[C@@H]2[C@H](/C=C\C(=O)OCC(F)F)C2(C)C)C1=O. The number of hydrogen-bond donors (Lipinski definition) is 0. The van der Waals surface area contributed by atoms with E-state index in [1.807, 2.05) is 0 Å². The third-order valence-electron chi connectivity index (χ3n) is 4.70. The van der Waals surface area contributed by atoms with E-state index in [2.05, 4.69) is 10.7 Å². The zero-order chi connectivity index (χ0) is 21.1. The van der Waals surface area contributed by atoms with E-state index in [4.69, 9.17) is 11.2 Å². The fourth-order valence-electron chi connectivity index (χ4n) is 3.04. The Kier molecular flexibility index (Phi) is 6.38. The van der Waals surface area contributed by atoms with Gasteiger partial charge in [-0.2, -0.15) is 0 Å². The van der Waals surface area contributed by atoms with Gasteiger partial charge in [0.1, 0.15) is 6.54 Å². The van der Waals surface area contributed by atoms with Crippen molar-refractivity contribution in [3.05, 3.63) is 12.2 Å². The van der Waals surface area contributed by atoms with Gasteiger partial charge in [0, 0.05) is 6.08 Å². The molecular weight excluding hydrogens is 378 g/mol. The van der Waals surface area contributed by atoms with Gasteiger partial charge in [0.2, 0.25) is 0 Å². The van der Waals surface area contributed by atoms with E-state index in [1.165, 1.54) is 6.08 Å². The molecule has 0 aromatic rings. The first kappa shape index (κ1) is 21.3. The van der Waals surface area contributed by atoms with Crippen molar-refractivity contribution in [1.82, 2.24) is 9.80 Å². The molecule has 2 rings (SSSR count). The molecule has 0 bridgehead atoms. The van der Waals surface area contributed by atoms with Crippen LogP contribution in [-0.2, 0) is 23.9 Å². The summed E-state index contributed by atoms with van der Waals surface area (Å²) in [6.45, 7) is 1.79. The molecule has 1 heterocycles. The first-order valence-corrected chi connectivity index (χ1v) is 8.42. The van der Waals surface area contributed by atoms with Crippen LogP contribution in [0.15, 0.2) is 12.2 Å². The monoisotopic (exact) mass is 398 g/mol. The number of esters is 2. The average molecular weight is 398 g/mol. The van der Waals surface area contributed by atoms with Gasteiger partial charge in [0.25, 0.3) is 12.3 Å². The third-order valence-corrected chi connectivity index (χ3v) is 4.70. The molecule has 1 saturated carbocycles. The van der Waals surface area contributed by atoms with Crippen LogP contribution in [-0.4, -0.2) is 66.5 Å². The number of carbonyl (C=O) groups excluding carboxylic acids is 4. The topological polar surface area (TPSA) is 93.2 Å². The summed E-state index contributed by atoms with van der Waals surface area (Å²) in [5.41, 5.74) is -0.537. The third kappa shape index (κ3) is 4.65. The predicted molar refractivity (Wildman–Crippen MR) is 90.5 cm³/mol. The van der Waals surface area contributed by atoms with Gasteiger partial charge in [-0.05, 0) is 11.3 Å². The number of terminal acetylenes is 1. The highest BCUT2D eigenvalue weighted by atomic mass is 19.3. The van der Waals surface area contributed by atoms with E-state index in [0.717, 1.165) is 15.9 Å². The van der Waals surface area contributed by atoms with Crippen LogP contribution in [0.3, 0.4) is 0 Å². The maximum atomic E-state index is 12.3. The van der Waals surface area contributed by atoms with Crippen LogP contribution in [0.4, 0.5) is 13.6 Å². The van der Waals surface area contributed by atoms with Crippen LogP contribution in [0.2, 0.25) is 0 Å². The molecule has 2 aliphatic rings. The molecule has 0 aromatic carbocycles. The lowest BCUT2D eigenvalue weighted by Gasteiger charge is -2.15. The van der Waals surface area contributed by atoms with Gasteiger partial charge in [-0.15, -0.1) is 6.42 Å². The number of hydrogen-bond acceptors (Lipinski definition) is 6. The van der Waals surface area contributed by atoms with Crippen LogP contribution in [0.25, 0.3) is 0 Å². The molecule has 2 fully saturated rings. The zero-order valence-electron chi connectivity index (χ0n) is 15.4. The van der Waals surface area contributed by atoms with Crippen molar-refractivity contribution >= 4 is 23.9 Å².